The second-order valence-electron chi connectivity index (χ2n) is 14.8. The van der Waals surface area contributed by atoms with Crippen molar-refractivity contribution in [1.82, 2.24) is 10.3 Å². The molecule has 0 unspecified atom stereocenters. The van der Waals surface area contributed by atoms with E-state index in [4.69, 9.17) is 14.5 Å². The highest BCUT2D eigenvalue weighted by molar-refractivity contribution is 7.12. The lowest BCUT2D eigenvalue weighted by Gasteiger charge is -2.19. The standard InChI is InChI=1S/C40H48N2O4S/c1-39(2,3)21-20-31-18-19-32(47-31)25-36(38(44)45-7)42-37(43)35-23-27-12-15-30(46-29-16-13-28(14-17-29)40(4,5)6)24-33(27)34(41-35)22-26-10-8-9-11-26/h12-21,23-24,26,36H,8-11,22,25H2,1-7H3,(H,42,43)/t36-/m0/s1. The SMILES string of the molecule is COC(=O)[C@H](Cc1ccc(C=CC(C)(C)C)s1)NC(=O)c1cc2ccc(Oc3ccc(C(C)(C)C)cc3)cc2c(CC2CCCC2)n1. The smallest absolute Gasteiger partial charge is 0.328 e. The molecule has 1 atom stereocenters. The van der Waals surface area contributed by atoms with Gasteiger partial charge in [0.05, 0.1) is 7.11 Å². The molecule has 7 heteroatoms. The van der Waals surface area contributed by atoms with E-state index in [0.717, 1.165) is 57.0 Å². The molecular weight excluding hydrogens is 605 g/mol. The Bertz CT molecular complexity index is 1730. The average Bonchev–Trinajstić information content (AvgIpc) is 3.71. The van der Waals surface area contributed by atoms with Crippen molar-refractivity contribution in [1.29, 1.82) is 0 Å². The second kappa shape index (κ2) is 14.4. The molecule has 2 heterocycles. The van der Waals surface area contributed by atoms with Gasteiger partial charge in [0.25, 0.3) is 5.91 Å². The molecule has 1 amide bonds. The first-order chi connectivity index (χ1) is 22.3. The summed E-state index contributed by atoms with van der Waals surface area (Å²) in [5.41, 5.74) is 2.57. The first-order valence-corrected chi connectivity index (χ1v) is 17.5. The number of nitrogens with one attached hydrogen (secondary N) is 1. The summed E-state index contributed by atoms with van der Waals surface area (Å²) in [5, 5.41) is 4.83. The maximum atomic E-state index is 13.7. The average molecular weight is 653 g/mol. The van der Waals surface area contributed by atoms with Gasteiger partial charge >= 0.3 is 5.97 Å². The van der Waals surface area contributed by atoms with E-state index in [0.29, 0.717) is 18.0 Å². The largest absolute Gasteiger partial charge is 0.467 e. The number of hydrogen-bond acceptors (Lipinski definition) is 6. The molecular formula is C40H48N2O4S. The van der Waals surface area contributed by atoms with Crippen LogP contribution in [0.5, 0.6) is 11.5 Å². The van der Waals surface area contributed by atoms with Crippen molar-refractivity contribution in [3.63, 3.8) is 0 Å². The van der Waals surface area contributed by atoms with Crippen molar-refractivity contribution in [3.8, 4) is 11.5 Å². The fourth-order valence-electron chi connectivity index (χ4n) is 5.97. The summed E-state index contributed by atoms with van der Waals surface area (Å²) in [4.78, 5) is 33.6. The number of carbonyl (C=O) groups excluding carboxylic acids is 2. The predicted molar refractivity (Wildman–Crippen MR) is 192 cm³/mol. The number of pyridine rings is 1. The molecule has 0 spiro atoms. The topological polar surface area (TPSA) is 77.5 Å². The number of nitrogens with zero attached hydrogens (tertiary/aromatic N) is 1. The van der Waals surface area contributed by atoms with Crippen LogP contribution >= 0.6 is 11.3 Å². The van der Waals surface area contributed by atoms with E-state index in [1.54, 1.807) is 17.4 Å². The molecule has 1 aliphatic rings. The minimum absolute atomic E-state index is 0.0696. The third-order valence-corrected chi connectivity index (χ3v) is 9.73. The Labute approximate surface area is 283 Å². The van der Waals surface area contributed by atoms with Crippen molar-refractivity contribution in [2.24, 2.45) is 11.3 Å². The van der Waals surface area contributed by atoms with Crippen LogP contribution in [0.15, 0.2) is 66.7 Å². The van der Waals surface area contributed by atoms with Crippen LogP contribution in [0.3, 0.4) is 0 Å². The zero-order chi connectivity index (χ0) is 33.8. The monoisotopic (exact) mass is 652 g/mol. The molecule has 2 aromatic heterocycles. The minimum Gasteiger partial charge on any atom is -0.467 e. The van der Waals surface area contributed by atoms with Crippen LogP contribution in [0.1, 0.15) is 98.7 Å². The van der Waals surface area contributed by atoms with Crippen LogP contribution in [-0.4, -0.2) is 30.0 Å². The Morgan fingerprint density at radius 1 is 0.957 bits per heavy atom. The van der Waals surface area contributed by atoms with E-state index in [9.17, 15) is 9.59 Å². The molecule has 0 aliphatic heterocycles. The number of amides is 1. The zero-order valence-electron chi connectivity index (χ0n) is 28.8. The Balaban J connectivity index is 1.39. The van der Waals surface area contributed by atoms with Crippen molar-refractivity contribution in [2.45, 2.75) is 91.5 Å². The third-order valence-electron chi connectivity index (χ3n) is 8.66. The van der Waals surface area contributed by atoms with E-state index in [-0.39, 0.29) is 10.8 Å². The lowest BCUT2D eigenvalue weighted by molar-refractivity contribution is -0.142. The van der Waals surface area contributed by atoms with Crippen LogP contribution < -0.4 is 10.1 Å². The van der Waals surface area contributed by atoms with E-state index in [2.05, 4.69) is 71.1 Å². The number of benzene rings is 2. The molecule has 1 N–H and O–H groups in total. The summed E-state index contributed by atoms with van der Waals surface area (Å²) >= 11 is 1.60. The Kier molecular flexibility index (Phi) is 10.5. The van der Waals surface area contributed by atoms with Crippen molar-refractivity contribution in [2.75, 3.05) is 7.11 Å². The van der Waals surface area contributed by atoms with E-state index < -0.39 is 17.9 Å². The number of hydrogen-bond donors (Lipinski definition) is 1. The van der Waals surface area contributed by atoms with Gasteiger partial charge in [-0.05, 0) is 82.7 Å². The number of allylic oxidation sites excluding steroid dienone is 1. The van der Waals surface area contributed by atoms with Crippen LogP contribution in [-0.2, 0) is 27.8 Å². The summed E-state index contributed by atoms with van der Waals surface area (Å²) in [7, 11) is 1.35. The Morgan fingerprint density at radius 2 is 1.66 bits per heavy atom. The predicted octanol–water partition coefficient (Wildman–Crippen LogP) is 9.69. The van der Waals surface area contributed by atoms with Gasteiger partial charge in [-0.15, -0.1) is 11.3 Å². The van der Waals surface area contributed by atoms with Gasteiger partial charge in [-0.3, -0.25) is 4.79 Å². The normalized spacial score (nSPS) is 14.9. The van der Waals surface area contributed by atoms with Gasteiger partial charge in [-0.1, -0.05) is 91.5 Å². The van der Waals surface area contributed by atoms with Crippen LogP contribution in [0.4, 0.5) is 0 Å². The molecule has 1 aliphatic carbocycles. The molecule has 47 heavy (non-hydrogen) atoms. The van der Waals surface area contributed by atoms with Crippen molar-refractivity contribution >= 4 is 40.1 Å². The molecule has 4 aromatic rings. The summed E-state index contributed by atoms with van der Waals surface area (Å²) in [5.74, 6) is 1.16. The minimum atomic E-state index is -0.832. The summed E-state index contributed by atoms with van der Waals surface area (Å²) in [6, 6.07) is 19.2. The number of aromatic nitrogens is 1. The molecule has 0 bridgehead atoms. The quantitative estimate of drug-likeness (QED) is 0.173. The number of methoxy groups -OCH3 is 1. The van der Waals surface area contributed by atoms with E-state index >= 15 is 0 Å². The van der Waals surface area contributed by atoms with Crippen LogP contribution in [0.25, 0.3) is 16.8 Å². The second-order valence-corrected chi connectivity index (χ2v) is 16.0. The summed E-state index contributed by atoms with van der Waals surface area (Å²) in [6.45, 7) is 13.0. The molecule has 6 nitrogen and oxygen atoms in total. The lowest BCUT2D eigenvalue weighted by Crippen LogP contribution is -2.43. The van der Waals surface area contributed by atoms with Gasteiger partial charge in [0, 0.05) is 27.3 Å². The van der Waals surface area contributed by atoms with Gasteiger partial charge < -0.3 is 14.8 Å². The number of esters is 1. The fraction of sp³-hybridized carbons (Fsp3) is 0.425. The molecule has 2 aromatic carbocycles. The van der Waals surface area contributed by atoms with Gasteiger partial charge in [0.15, 0.2) is 0 Å². The molecule has 1 saturated carbocycles. The molecule has 248 valence electrons. The number of fused-ring (bicyclic) bond motifs is 1. The van der Waals surface area contributed by atoms with Gasteiger partial charge in [0.1, 0.15) is 23.2 Å². The number of rotatable bonds is 10. The fourth-order valence-corrected chi connectivity index (χ4v) is 6.93. The Hall–Kier alpha value is -3.97. The van der Waals surface area contributed by atoms with Crippen LogP contribution in [0.2, 0.25) is 0 Å². The molecule has 0 saturated heterocycles. The number of carbonyl (C=O) groups is 2. The van der Waals surface area contributed by atoms with Crippen molar-refractivity contribution in [3.05, 3.63) is 93.4 Å². The molecule has 5 rings (SSSR count). The highest BCUT2D eigenvalue weighted by atomic mass is 32.1. The van der Waals surface area contributed by atoms with Crippen molar-refractivity contribution < 1.29 is 19.1 Å². The lowest BCUT2D eigenvalue weighted by atomic mass is 9.87. The maximum Gasteiger partial charge on any atom is 0.328 e. The highest BCUT2D eigenvalue weighted by Gasteiger charge is 2.26. The Morgan fingerprint density at radius 3 is 2.32 bits per heavy atom. The third kappa shape index (κ3) is 9.32. The number of ether oxygens (including phenoxy) is 2. The first kappa shape index (κ1) is 34.4. The highest BCUT2D eigenvalue weighted by Crippen LogP contribution is 2.33. The number of thiophene rings is 1. The summed E-state index contributed by atoms with van der Waals surface area (Å²) < 4.78 is 11.4. The van der Waals surface area contributed by atoms with Crippen LogP contribution in [0, 0.1) is 11.3 Å². The van der Waals surface area contributed by atoms with Gasteiger partial charge in [-0.25, -0.2) is 9.78 Å². The van der Waals surface area contributed by atoms with Gasteiger partial charge in [-0.2, -0.15) is 0 Å². The first-order valence-electron chi connectivity index (χ1n) is 16.7. The molecule has 0 radical (unpaired) electrons. The molecule has 1 fully saturated rings. The van der Waals surface area contributed by atoms with E-state index in [1.165, 1.54) is 25.5 Å². The van der Waals surface area contributed by atoms with Gasteiger partial charge in [0.2, 0.25) is 0 Å². The zero-order valence-corrected chi connectivity index (χ0v) is 29.6. The maximum absolute atomic E-state index is 13.7. The van der Waals surface area contributed by atoms with E-state index in [1.807, 2.05) is 42.5 Å². The summed E-state index contributed by atoms with van der Waals surface area (Å²) in [6.07, 6.45) is 10.2.